The van der Waals surface area contributed by atoms with E-state index in [0.29, 0.717) is 17.2 Å². The van der Waals surface area contributed by atoms with E-state index in [-0.39, 0.29) is 41.2 Å². The molecule has 0 atom stereocenters. The molecule has 0 aliphatic carbocycles. The van der Waals surface area contributed by atoms with E-state index in [0.717, 1.165) is 23.9 Å². The normalized spacial score (nSPS) is 12.3. The van der Waals surface area contributed by atoms with Crippen LogP contribution in [0.25, 0.3) is 0 Å². The van der Waals surface area contributed by atoms with Crippen molar-refractivity contribution < 1.29 is 37.0 Å². The quantitative estimate of drug-likeness (QED) is 0.372. The second-order valence-corrected chi connectivity index (χ2v) is 8.00. The first-order valence-corrected chi connectivity index (χ1v) is 10.9. The van der Waals surface area contributed by atoms with E-state index in [1.807, 2.05) is 0 Å². The standard InChI is InChI=1S/C23H17F3N2O5S/c24-23(25,26)15-4-1-3-14(9-15)11-31-22(30)17-5-2-8-27-21(17)34-12-20(29)28-16-6-7-18-19(10-16)33-13-32-18/h1-10H,11-13H2,(H,28,29). The van der Waals surface area contributed by atoms with Crippen molar-refractivity contribution >= 4 is 29.3 Å². The van der Waals surface area contributed by atoms with Crippen molar-refractivity contribution in [3.05, 3.63) is 77.5 Å². The lowest BCUT2D eigenvalue weighted by atomic mass is 10.1. The van der Waals surface area contributed by atoms with Gasteiger partial charge in [0.15, 0.2) is 11.5 Å². The van der Waals surface area contributed by atoms with Crippen molar-refractivity contribution in [2.45, 2.75) is 17.8 Å². The number of halogens is 3. The summed E-state index contributed by atoms with van der Waals surface area (Å²) in [7, 11) is 0. The zero-order valence-corrected chi connectivity index (χ0v) is 18.2. The molecule has 3 aromatic rings. The third-order valence-corrected chi connectivity index (χ3v) is 5.62. The monoisotopic (exact) mass is 490 g/mol. The number of carbonyl (C=O) groups excluding carboxylic acids is 2. The number of benzene rings is 2. The second-order valence-electron chi connectivity index (χ2n) is 7.04. The van der Waals surface area contributed by atoms with E-state index in [4.69, 9.17) is 14.2 Å². The summed E-state index contributed by atoms with van der Waals surface area (Å²) in [6, 6.07) is 12.5. The Bertz CT molecular complexity index is 1220. The van der Waals surface area contributed by atoms with Gasteiger partial charge >= 0.3 is 12.1 Å². The number of nitrogens with zero attached hydrogens (tertiary/aromatic N) is 1. The lowest BCUT2D eigenvalue weighted by Crippen LogP contribution is -2.15. The zero-order chi connectivity index (χ0) is 24.1. The van der Waals surface area contributed by atoms with Crippen LogP contribution in [0, 0.1) is 0 Å². The maximum atomic E-state index is 12.9. The number of ether oxygens (including phenoxy) is 3. The summed E-state index contributed by atoms with van der Waals surface area (Å²) in [5.74, 6) is -0.0172. The molecule has 1 amide bonds. The van der Waals surface area contributed by atoms with Crippen molar-refractivity contribution in [2.24, 2.45) is 0 Å². The van der Waals surface area contributed by atoms with Crippen LogP contribution in [-0.2, 0) is 22.3 Å². The first kappa shape index (κ1) is 23.4. The minimum atomic E-state index is -4.49. The fourth-order valence-corrected chi connectivity index (χ4v) is 3.81. The number of amides is 1. The molecule has 34 heavy (non-hydrogen) atoms. The van der Waals surface area contributed by atoms with Crippen molar-refractivity contribution in [1.29, 1.82) is 0 Å². The van der Waals surface area contributed by atoms with Crippen LogP contribution in [0.2, 0.25) is 0 Å². The van der Waals surface area contributed by atoms with Crippen LogP contribution >= 0.6 is 11.8 Å². The summed E-state index contributed by atoms with van der Waals surface area (Å²) in [6.45, 7) is -0.221. The Hall–Kier alpha value is -3.73. The molecular weight excluding hydrogens is 473 g/mol. The Labute approximate surface area is 196 Å². The van der Waals surface area contributed by atoms with Crippen LogP contribution in [0.1, 0.15) is 21.5 Å². The van der Waals surface area contributed by atoms with E-state index >= 15 is 0 Å². The number of thioether (sulfide) groups is 1. The topological polar surface area (TPSA) is 86.8 Å². The van der Waals surface area contributed by atoms with Crippen molar-refractivity contribution in [2.75, 3.05) is 17.9 Å². The third kappa shape index (κ3) is 5.79. The number of fused-ring (bicyclic) bond motifs is 1. The molecule has 2 heterocycles. The van der Waals surface area contributed by atoms with Gasteiger partial charge in [0.1, 0.15) is 11.6 Å². The van der Waals surface area contributed by atoms with Gasteiger partial charge in [0.2, 0.25) is 12.7 Å². The number of hydrogen-bond donors (Lipinski definition) is 1. The molecule has 7 nitrogen and oxygen atoms in total. The molecule has 0 bridgehead atoms. The fraction of sp³-hybridized carbons (Fsp3) is 0.174. The van der Waals surface area contributed by atoms with Crippen LogP contribution in [0.15, 0.2) is 65.8 Å². The molecule has 4 rings (SSSR count). The highest BCUT2D eigenvalue weighted by atomic mass is 32.2. The summed E-state index contributed by atoms with van der Waals surface area (Å²) in [5.41, 5.74) is 0.00321. The molecule has 1 aliphatic heterocycles. The number of aromatic nitrogens is 1. The number of rotatable bonds is 7. The minimum Gasteiger partial charge on any atom is -0.457 e. The predicted molar refractivity (Wildman–Crippen MR) is 117 cm³/mol. The Morgan fingerprint density at radius 3 is 2.71 bits per heavy atom. The molecule has 11 heteroatoms. The number of nitrogens with one attached hydrogen (secondary N) is 1. The maximum absolute atomic E-state index is 12.9. The molecule has 1 aromatic heterocycles. The number of pyridine rings is 1. The Morgan fingerprint density at radius 1 is 1.06 bits per heavy atom. The molecule has 0 saturated carbocycles. The lowest BCUT2D eigenvalue weighted by molar-refractivity contribution is -0.137. The molecule has 0 radical (unpaired) electrons. The van der Waals surface area contributed by atoms with Crippen molar-refractivity contribution in [3.8, 4) is 11.5 Å². The van der Waals surface area contributed by atoms with Gasteiger partial charge in [-0.15, -0.1) is 0 Å². The van der Waals surface area contributed by atoms with E-state index in [1.54, 1.807) is 18.2 Å². The van der Waals surface area contributed by atoms with Gasteiger partial charge in [0, 0.05) is 18.0 Å². The first-order chi connectivity index (χ1) is 16.3. The molecule has 2 aromatic carbocycles. The minimum absolute atomic E-state index is 0.0423. The Balaban J connectivity index is 1.35. The molecule has 0 spiro atoms. The summed E-state index contributed by atoms with van der Waals surface area (Å²) >= 11 is 1.03. The molecule has 0 fully saturated rings. The summed E-state index contributed by atoms with van der Waals surface area (Å²) < 4.78 is 54.3. The molecule has 0 saturated heterocycles. The van der Waals surface area contributed by atoms with E-state index in [1.165, 1.54) is 30.5 Å². The van der Waals surface area contributed by atoms with Gasteiger partial charge in [-0.3, -0.25) is 4.79 Å². The van der Waals surface area contributed by atoms with Crippen LogP contribution in [-0.4, -0.2) is 29.4 Å². The summed E-state index contributed by atoms with van der Waals surface area (Å²) in [5, 5.41) is 2.98. The second kappa shape index (κ2) is 10.0. The number of anilines is 1. The summed E-state index contributed by atoms with van der Waals surface area (Å²) in [6.07, 6.45) is -3.03. The SMILES string of the molecule is O=C(CSc1ncccc1C(=O)OCc1cccc(C(F)(F)F)c1)Nc1ccc2c(c1)OCO2. The predicted octanol–water partition coefficient (Wildman–Crippen LogP) is 4.92. The van der Waals surface area contributed by atoms with Gasteiger partial charge in [0.05, 0.1) is 16.9 Å². The smallest absolute Gasteiger partial charge is 0.416 e. The van der Waals surface area contributed by atoms with Crippen molar-refractivity contribution in [3.63, 3.8) is 0 Å². The van der Waals surface area contributed by atoms with Crippen LogP contribution < -0.4 is 14.8 Å². The van der Waals surface area contributed by atoms with Crippen LogP contribution in [0.3, 0.4) is 0 Å². The molecule has 0 unspecified atom stereocenters. The van der Waals surface area contributed by atoms with E-state index < -0.39 is 17.7 Å². The maximum Gasteiger partial charge on any atom is 0.416 e. The molecule has 176 valence electrons. The highest BCUT2D eigenvalue weighted by Crippen LogP contribution is 2.34. The number of hydrogen-bond acceptors (Lipinski definition) is 7. The number of alkyl halides is 3. The van der Waals surface area contributed by atoms with Gasteiger partial charge in [-0.2, -0.15) is 13.2 Å². The molecule has 1 aliphatic rings. The average Bonchev–Trinajstić information content (AvgIpc) is 3.29. The zero-order valence-electron chi connectivity index (χ0n) is 17.4. The summed E-state index contributed by atoms with van der Waals surface area (Å²) in [4.78, 5) is 29.0. The van der Waals surface area contributed by atoms with Gasteiger partial charge in [-0.1, -0.05) is 23.9 Å². The number of carbonyl (C=O) groups is 2. The highest BCUT2D eigenvalue weighted by Gasteiger charge is 2.30. The highest BCUT2D eigenvalue weighted by molar-refractivity contribution is 8.00. The van der Waals surface area contributed by atoms with Gasteiger partial charge in [-0.25, -0.2) is 9.78 Å². The Kier molecular flexibility index (Phi) is 6.92. The molecule has 1 N–H and O–H groups in total. The fourth-order valence-electron chi connectivity index (χ4n) is 3.03. The largest absolute Gasteiger partial charge is 0.457 e. The van der Waals surface area contributed by atoms with Gasteiger partial charge < -0.3 is 19.5 Å². The van der Waals surface area contributed by atoms with Crippen LogP contribution in [0.4, 0.5) is 18.9 Å². The third-order valence-electron chi connectivity index (χ3n) is 4.61. The van der Waals surface area contributed by atoms with Crippen molar-refractivity contribution in [1.82, 2.24) is 4.98 Å². The van der Waals surface area contributed by atoms with Gasteiger partial charge in [-0.05, 0) is 42.0 Å². The number of esters is 1. The van der Waals surface area contributed by atoms with E-state index in [2.05, 4.69) is 10.3 Å². The average molecular weight is 490 g/mol. The Morgan fingerprint density at radius 2 is 1.88 bits per heavy atom. The first-order valence-electron chi connectivity index (χ1n) is 9.90. The van der Waals surface area contributed by atoms with Crippen LogP contribution in [0.5, 0.6) is 11.5 Å². The van der Waals surface area contributed by atoms with E-state index in [9.17, 15) is 22.8 Å². The molecular formula is C23H17F3N2O5S. The van der Waals surface area contributed by atoms with Gasteiger partial charge in [0.25, 0.3) is 0 Å². The lowest BCUT2D eigenvalue weighted by Gasteiger charge is -2.11.